The minimum Gasteiger partial charge on any atom is -0.494 e. The monoisotopic (exact) mass is 430 g/mol. The van der Waals surface area contributed by atoms with Crippen molar-refractivity contribution in [1.29, 1.82) is 0 Å². The van der Waals surface area contributed by atoms with Crippen LogP contribution >= 0.6 is 0 Å². The molecule has 1 aromatic carbocycles. The number of ketones is 1. The van der Waals surface area contributed by atoms with Gasteiger partial charge in [-0.1, -0.05) is 122 Å². The fourth-order valence-corrected chi connectivity index (χ4v) is 4.16. The Balaban J connectivity index is 1.75. The van der Waals surface area contributed by atoms with E-state index in [1.54, 1.807) is 6.92 Å². The second-order valence-corrected chi connectivity index (χ2v) is 9.29. The van der Waals surface area contributed by atoms with E-state index in [1.807, 2.05) is 24.3 Å². The van der Waals surface area contributed by atoms with E-state index in [1.165, 1.54) is 116 Å². The number of hydrogen-bond acceptors (Lipinski definition) is 2. The minimum atomic E-state index is 0.102. The fourth-order valence-electron chi connectivity index (χ4n) is 4.16. The molecule has 0 atom stereocenters. The molecule has 2 heteroatoms. The maximum absolute atomic E-state index is 11.3. The average Bonchev–Trinajstić information content (AvgIpc) is 2.78. The molecule has 0 amide bonds. The molecule has 1 aromatic rings. The lowest BCUT2D eigenvalue weighted by molar-refractivity contribution is 0.101. The van der Waals surface area contributed by atoms with Crippen LogP contribution < -0.4 is 4.74 Å². The number of Topliss-reactive ketones (excluding diaryl/α,β-unsaturated/α-hetero) is 1. The lowest BCUT2D eigenvalue weighted by Crippen LogP contribution is -1.98. The Bertz CT molecular complexity index is 520. The smallest absolute Gasteiger partial charge is 0.159 e. The van der Waals surface area contributed by atoms with Gasteiger partial charge in [0, 0.05) is 5.56 Å². The maximum atomic E-state index is 11.3. The highest BCUT2D eigenvalue weighted by Crippen LogP contribution is 2.16. The van der Waals surface area contributed by atoms with Gasteiger partial charge in [0.1, 0.15) is 5.75 Å². The zero-order chi connectivity index (χ0) is 22.4. The van der Waals surface area contributed by atoms with Crippen LogP contribution in [0.1, 0.15) is 146 Å². The van der Waals surface area contributed by atoms with Crippen LogP contribution in [-0.2, 0) is 0 Å². The van der Waals surface area contributed by atoms with E-state index in [0.717, 1.165) is 24.3 Å². The van der Waals surface area contributed by atoms with Crippen molar-refractivity contribution < 1.29 is 9.53 Å². The molecule has 0 radical (unpaired) electrons. The molecule has 0 unspecified atom stereocenters. The Morgan fingerprint density at radius 2 is 0.935 bits per heavy atom. The predicted octanol–water partition coefficient (Wildman–Crippen LogP) is 9.70. The summed E-state index contributed by atoms with van der Waals surface area (Å²) in [7, 11) is 0. The summed E-state index contributed by atoms with van der Waals surface area (Å²) in [5.41, 5.74) is 0.746. The molecule has 0 aliphatic rings. The van der Waals surface area contributed by atoms with Gasteiger partial charge in [0.05, 0.1) is 6.61 Å². The molecule has 31 heavy (non-hydrogen) atoms. The zero-order valence-corrected chi connectivity index (χ0v) is 20.8. The summed E-state index contributed by atoms with van der Waals surface area (Å²) < 4.78 is 5.76. The first-order valence-electron chi connectivity index (χ1n) is 13.5. The SMILES string of the molecule is CCCCCCCCCCCCCCCCCCCCCOc1ccc(C(C)=O)cc1. The van der Waals surface area contributed by atoms with Gasteiger partial charge in [-0.25, -0.2) is 0 Å². The van der Waals surface area contributed by atoms with Crippen molar-refractivity contribution in [3.63, 3.8) is 0 Å². The molecule has 0 aliphatic heterocycles. The number of carbonyl (C=O) groups excluding carboxylic acids is 1. The number of rotatable bonds is 22. The van der Waals surface area contributed by atoms with Gasteiger partial charge in [-0.3, -0.25) is 4.79 Å². The van der Waals surface area contributed by atoms with Gasteiger partial charge in [-0.15, -0.1) is 0 Å². The van der Waals surface area contributed by atoms with Crippen LogP contribution in [0.25, 0.3) is 0 Å². The first kappa shape index (κ1) is 27.7. The van der Waals surface area contributed by atoms with Crippen molar-refractivity contribution in [2.24, 2.45) is 0 Å². The molecule has 0 saturated heterocycles. The van der Waals surface area contributed by atoms with E-state index in [4.69, 9.17) is 4.74 Å². The summed E-state index contributed by atoms with van der Waals surface area (Å²) >= 11 is 0. The second-order valence-electron chi connectivity index (χ2n) is 9.29. The third-order valence-electron chi connectivity index (χ3n) is 6.28. The van der Waals surface area contributed by atoms with E-state index in [2.05, 4.69) is 6.92 Å². The van der Waals surface area contributed by atoms with Crippen molar-refractivity contribution >= 4 is 5.78 Å². The third kappa shape index (κ3) is 17.0. The highest BCUT2D eigenvalue weighted by molar-refractivity contribution is 5.94. The molecule has 0 aromatic heterocycles. The first-order valence-corrected chi connectivity index (χ1v) is 13.5. The summed E-state index contributed by atoms with van der Waals surface area (Å²) in [5.74, 6) is 0.970. The lowest BCUT2D eigenvalue weighted by atomic mass is 10.0. The average molecular weight is 431 g/mol. The summed E-state index contributed by atoms with van der Waals surface area (Å²) in [6, 6.07) is 7.47. The van der Waals surface area contributed by atoms with Crippen molar-refractivity contribution in [2.75, 3.05) is 6.61 Å². The molecule has 0 spiro atoms. The van der Waals surface area contributed by atoms with E-state index < -0.39 is 0 Å². The number of unbranched alkanes of at least 4 members (excludes halogenated alkanes) is 18. The second kappa shape index (κ2) is 20.6. The van der Waals surface area contributed by atoms with Crippen LogP contribution in [0.5, 0.6) is 5.75 Å². The van der Waals surface area contributed by atoms with Gasteiger partial charge in [-0.2, -0.15) is 0 Å². The topological polar surface area (TPSA) is 26.3 Å². The summed E-state index contributed by atoms with van der Waals surface area (Å²) in [5, 5.41) is 0. The Labute approximate surface area is 193 Å². The van der Waals surface area contributed by atoms with Gasteiger partial charge in [0.15, 0.2) is 5.78 Å². The standard InChI is InChI=1S/C29H50O2/c1-3-4-5-6-7-8-9-10-11-12-13-14-15-16-17-18-19-20-21-26-31-29-24-22-28(23-25-29)27(2)30/h22-25H,3-21,26H2,1-2H3. The van der Waals surface area contributed by atoms with Crippen LogP contribution in [-0.4, -0.2) is 12.4 Å². The van der Waals surface area contributed by atoms with Crippen molar-refractivity contribution in [1.82, 2.24) is 0 Å². The van der Waals surface area contributed by atoms with Gasteiger partial charge in [-0.05, 0) is 37.6 Å². The quantitative estimate of drug-likeness (QED) is 0.135. The molecule has 0 N–H and O–H groups in total. The molecule has 1 rings (SSSR count). The Morgan fingerprint density at radius 1 is 0.581 bits per heavy atom. The third-order valence-corrected chi connectivity index (χ3v) is 6.28. The summed E-state index contributed by atoms with van der Waals surface area (Å²) in [6.07, 6.45) is 26.6. The molecule has 0 saturated carbocycles. The van der Waals surface area contributed by atoms with E-state index in [0.29, 0.717) is 0 Å². The zero-order valence-electron chi connectivity index (χ0n) is 20.8. The molecule has 0 heterocycles. The van der Waals surface area contributed by atoms with E-state index in [-0.39, 0.29) is 5.78 Å². The number of carbonyl (C=O) groups is 1. The van der Waals surface area contributed by atoms with Gasteiger partial charge >= 0.3 is 0 Å². The van der Waals surface area contributed by atoms with Gasteiger partial charge in [0.2, 0.25) is 0 Å². The van der Waals surface area contributed by atoms with Gasteiger partial charge < -0.3 is 4.74 Å². The Hall–Kier alpha value is -1.31. The molecule has 0 fully saturated rings. The number of hydrogen-bond donors (Lipinski definition) is 0. The number of benzene rings is 1. The van der Waals surface area contributed by atoms with Crippen molar-refractivity contribution in [3.05, 3.63) is 29.8 Å². The highest BCUT2D eigenvalue weighted by atomic mass is 16.5. The van der Waals surface area contributed by atoms with Crippen LogP contribution in [0, 0.1) is 0 Å². The normalized spacial score (nSPS) is 11.0. The largest absolute Gasteiger partial charge is 0.494 e. The minimum absolute atomic E-state index is 0.102. The van der Waals surface area contributed by atoms with Crippen LogP contribution in [0.15, 0.2) is 24.3 Å². The van der Waals surface area contributed by atoms with Crippen molar-refractivity contribution in [3.8, 4) is 5.75 Å². The van der Waals surface area contributed by atoms with Crippen LogP contribution in [0.3, 0.4) is 0 Å². The van der Waals surface area contributed by atoms with E-state index >= 15 is 0 Å². The fraction of sp³-hybridized carbons (Fsp3) is 0.759. The van der Waals surface area contributed by atoms with E-state index in [9.17, 15) is 4.79 Å². The molecular formula is C29H50O2. The Morgan fingerprint density at radius 3 is 1.29 bits per heavy atom. The van der Waals surface area contributed by atoms with Gasteiger partial charge in [0.25, 0.3) is 0 Å². The molecular weight excluding hydrogens is 380 g/mol. The first-order chi connectivity index (χ1) is 15.2. The summed E-state index contributed by atoms with van der Waals surface area (Å²) in [4.78, 5) is 11.3. The molecule has 0 bridgehead atoms. The highest BCUT2D eigenvalue weighted by Gasteiger charge is 2.00. The summed E-state index contributed by atoms with van der Waals surface area (Å²) in [6.45, 7) is 4.66. The number of ether oxygens (including phenoxy) is 1. The molecule has 2 nitrogen and oxygen atoms in total. The molecule has 178 valence electrons. The maximum Gasteiger partial charge on any atom is 0.159 e. The van der Waals surface area contributed by atoms with Crippen LogP contribution in [0.4, 0.5) is 0 Å². The Kier molecular flexibility index (Phi) is 18.4. The molecule has 0 aliphatic carbocycles. The predicted molar refractivity (Wildman–Crippen MR) is 135 cm³/mol. The van der Waals surface area contributed by atoms with Crippen LogP contribution in [0.2, 0.25) is 0 Å². The lowest BCUT2D eigenvalue weighted by Gasteiger charge is -2.07. The van der Waals surface area contributed by atoms with Crippen molar-refractivity contribution in [2.45, 2.75) is 136 Å².